The molecular weight excluding hydrogens is 260 g/mol. The highest BCUT2D eigenvalue weighted by Gasteiger charge is 2.39. The van der Waals surface area contributed by atoms with Gasteiger partial charge in [0, 0.05) is 5.41 Å². The lowest BCUT2D eigenvalue weighted by Gasteiger charge is -2.33. The van der Waals surface area contributed by atoms with Crippen molar-refractivity contribution in [3.8, 4) is 11.5 Å². The fourth-order valence-electron chi connectivity index (χ4n) is 3.06. The molecule has 2 rings (SSSR count). The molecule has 0 unspecified atom stereocenters. The van der Waals surface area contributed by atoms with Crippen molar-refractivity contribution >= 4 is 5.97 Å². The third kappa shape index (κ3) is 2.22. The van der Waals surface area contributed by atoms with Crippen molar-refractivity contribution in [2.75, 3.05) is 14.2 Å². The quantitative estimate of drug-likeness (QED) is 0.860. The molecule has 1 aromatic carbocycles. The van der Waals surface area contributed by atoms with Crippen LogP contribution in [-0.4, -0.2) is 25.3 Å². The average molecular weight is 279 g/mol. The lowest BCUT2D eigenvalue weighted by Crippen LogP contribution is -2.44. The SMILES string of the molecule is COc1cc(CO)c(C2(C(=O)[O-])CCCC2)cc1OC. The van der Waals surface area contributed by atoms with Gasteiger partial charge >= 0.3 is 0 Å². The predicted octanol–water partition coefficient (Wildman–Crippen LogP) is 0.758. The second-order valence-corrected chi connectivity index (χ2v) is 5.10. The van der Waals surface area contributed by atoms with Crippen LogP contribution in [-0.2, 0) is 16.8 Å². The normalized spacial score (nSPS) is 16.9. The Morgan fingerprint density at radius 1 is 1.25 bits per heavy atom. The Morgan fingerprint density at radius 2 is 1.80 bits per heavy atom. The van der Waals surface area contributed by atoms with Crippen molar-refractivity contribution in [3.63, 3.8) is 0 Å². The van der Waals surface area contributed by atoms with Crippen LogP contribution in [0.4, 0.5) is 0 Å². The van der Waals surface area contributed by atoms with Gasteiger partial charge in [-0.3, -0.25) is 0 Å². The second kappa shape index (κ2) is 5.71. The van der Waals surface area contributed by atoms with Crippen LogP contribution in [0.1, 0.15) is 36.8 Å². The molecule has 1 aliphatic rings. The van der Waals surface area contributed by atoms with E-state index in [9.17, 15) is 15.0 Å². The van der Waals surface area contributed by atoms with Crippen LogP contribution in [0.5, 0.6) is 11.5 Å². The average Bonchev–Trinajstić information content (AvgIpc) is 2.96. The molecule has 0 aliphatic heterocycles. The summed E-state index contributed by atoms with van der Waals surface area (Å²) >= 11 is 0. The standard InChI is InChI=1S/C15H20O5/c1-19-12-7-10(9-16)11(8-13(12)20-2)15(14(17)18)5-3-4-6-15/h7-8,16H,3-6,9H2,1-2H3,(H,17,18)/p-1. The minimum absolute atomic E-state index is 0.245. The molecule has 1 N–H and O–H groups in total. The number of hydrogen-bond donors (Lipinski definition) is 1. The summed E-state index contributed by atoms with van der Waals surface area (Å²) in [5.41, 5.74) is 0.0985. The first-order valence-electron chi connectivity index (χ1n) is 6.66. The van der Waals surface area contributed by atoms with Crippen molar-refractivity contribution in [3.05, 3.63) is 23.3 Å². The molecule has 0 amide bonds. The summed E-state index contributed by atoms with van der Waals surface area (Å²) in [4.78, 5) is 11.7. The summed E-state index contributed by atoms with van der Waals surface area (Å²) in [6, 6.07) is 3.29. The number of hydrogen-bond acceptors (Lipinski definition) is 5. The fraction of sp³-hybridized carbons (Fsp3) is 0.533. The third-order valence-corrected chi connectivity index (χ3v) is 4.14. The molecule has 0 radical (unpaired) electrons. The topological polar surface area (TPSA) is 78.8 Å². The van der Waals surface area contributed by atoms with Gasteiger partial charge in [-0.2, -0.15) is 0 Å². The van der Waals surface area contributed by atoms with Crippen molar-refractivity contribution in [2.45, 2.75) is 37.7 Å². The Morgan fingerprint density at radius 3 is 2.25 bits per heavy atom. The molecule has 0 bridgehead atoms. The number of aliphatic carboxylic acids is 1. The Hall–Kier alpha value is -1.75. The van der Waals surface area contributed by atoms with Crippen molar-refractivity contribution in [1.82, 2.24) is 0 Å². The number of carboxylic acid groups (broad SMARTS) is 1. The summed E-state index contributed by atoms with van der Waals surface area (Å²) < 4.78 is 10.4. The summed E-state index contributed by atoms with van der Waals surface area (Å²) in [7, 11) is 3.00. The van der Waals surface area contributed by atoms with E-state index in [0.29, 0.717) is 35.5 Å². The maximum absolute atomic E-state index is 11.7. The Balaban J connectivity index is 2.62. The number of carbonyl (C=O) groups excluding carboxylic acids is 1. The van der Waals surface area contributed by atoms with E-state index >= 15 is 0 Å². The maximum Gasteiger partial charge on any atom is 0.161 e. The van der Waals surface area contributed by atoms with Gasteiger partial charge in [-0.15, -0.1) is 0 Å². The van der Waals surface area contributed by atoms with Gasteiger partial charge in [0.25, 0.3) is 0 Å². The van der Waals surface area contributed by atoms with Crippen LogP contribution in [0.25, 0.3) is 0 Å². The van der Waals surface area contributed by atoms with Crippen LogP contribution in [0.15, 0.2) is 12.1 Å². The zero-order chi connectivity index (χ0) is 14.8. The minimum Gasteiger partial charge on any atom is -0.549 e. The monoisotopic (exact) mass is 279 g/mol. The first-order valence-corrected chi connectivity index (χ1v) is 6.66. The van der Waals surface area contributed by atoms with Crippen molar-refractivity contribution in [1.29, 1.82) is 0 Å². The van der Waals surface area contributed by atoms with Crippen molar-refractivity contribution in [2.24, 2.45) is 0 Å². The van der Waals surface area contributed by atoms with Crippen molar-refractivity contribution < 1.29 is 24.5 Å². The third-order valence-electron chi connectivity index (χ3n) is 4.14. The van der Waals surface area contributed by atoms with E-state index in [1.54, 1.807) is 12.1 Å². The highest BCUT2D eigenvalue weighted by molar-refractivity contribution is 5.81. The number of benzene rings is 1. The van der Waals surface area contributed by atoms with E-state index in [4.69, 9.17) is 9.47 Å². The molecular formula is C15H19O5-. The Bertz CT molecular complexity index is 503. The van der Waals surface area contributed by atoms with Gasteiger partial charge in [-0.25, -0.2) is 0 Å². The number of carbonyl (C=O) groups is 1. The number of aliphatic hydroxyl groups is 1. The molecule has 1 fully saturated rings. The van der Waals surface area contributed by atoms with Crippen LogP contribution < -0.4 is 14.6 Å². The van der Waals surface area contributed by atoms with Crippen LogP contribution in [0.2, 0.25) is 0 Å². The zero-order valence-electron chi connectivity index (χ0n) is 11.8. The molecule has 0 spiro atoms. The summed E-state index contributed by atoms with van der Waals surface area (Å²) in [6.07, 6.45) is 2.73. The lowest BCUT2D eigenvalue weighted by molar-refractivity contribution is -0.313. The molecule has 20 heavy (non-hydrogen) atoms. The summed E-state index contributed by atoms with van der Waals surface area (Å²) in [5.74, 6) is -0.143. The highest BCUT2D eigenvalue weighted by Crippen LogP contribution is 2.45. The molecule has 0 heterocycles. The van der Waals surface area contributed by atoms with Gasteiger partial charge in [-0.05, 0) is 36.1 Å². The molecule has 1 aliphatic carbocycles. The first-order chi connectivity index (χ1) is 9.58. The molecule has 1 aromatic rings. The number of ether oxygens (including phenoxy) is 2. The van der Waals surface area contributed by atoms with E-state index in [1.807, 2.05) is 0 Å². The molecule has 0 atom stereocenters. The molecule has 5 nitrogen and oxygen atoms in total. The first kappa shape index (κ1) is 14.7. The number of methoxy groups -OCH3 is 2. The summed E-state index contributed by atoms with van der Waals surface area (Å²) in [5, 5.41) is 21.2. The second-order valence-electron chi connectivity index (χ2n) is 5.10. The van der Waals surface area contributed by atoms with E-state index in [0.717, 1.165) is 12.8 Å². The van der Waals surface area contributed by atoms with Crippen LogP contribution >= 0.6 is 0 Å². The van der Waals surface area contributed by atoms with E-state index in [2.05, 4.69) is 0 Å². The van der Waals surface area contributed by atoms with Gasteiger partial charge in [-0.1, -0.05) is 12.8 Å². The fourth-order valence-corrected chi connectivity index (χ4v) is 3.06. The minimum atomic E-state index is -1.09. The van der Waals surface area contributed by atoms with Gasteiger partial charge in [0.2, 0.25) is 0 Å². The molecule has 5 heteroatoms. The van der Waals surface area contributed by atoms with Crippen LogP contribution in [0.3, 0.4) is 0 Å². The Labute approximate surface area is 118 Å². The molecule has 1 saturated carbocycles. The zero-order valence-corrected chi connectivity index (χ0v) is 11.8. The van der Waals surface area contributed by atoms with Gasteiger partial charge < -0.3 is 24.5 Å². The molecule has 110 valence electrons. The lowest BCUT2D eigenvalue weighted by atomic mass is 9.76. The van der Waals surface area contributed by atoms with Gasteiger partial charge in [0.15, 0.2) is 11.5 Å². The number of rotatable bonds is 5. The van der Waals surface area contributed by atoms with Gasteiger partial charge in [0.1, 0.15) is 0 Å². The maximum atomic E-state index is 11.7. The number of carboxylic acids is 1. The molecule has 0 saturated heterocycles. The highest BCUT2D eigenvalue weighted by atomic mass is 16.5. The molecule has 0 aromatic heterocycles. The van der Waals surface area contributed by atoms with E-state index in [-0.39, 0.29) is 6.61 Å². The van der Waals surface area contributed by atoms with Gasteiger partial charge in [0.05, 0.1) is 26.8 Å². The van der Waals surface area contributed by atoms with E-state index < -0.39 is 11.4 Å². The predicted molar refractivity (Wildman–Crippen MR) is 70.6 cm³/mol. The largest absolute Gasteiger partial charge is 0.549 e. The number of aliphatic hydroxyl groups excluding tert-OH is 1. The van der Waals surface area contributed by atoms with E-state index in [1.165, 1.54) is 14.2 Å². The Kier molecular flexibility index (Phi) is 4.18. The smallest absolute Gasteiger partial charge is 0.161 e. The van der Waals surface area contributed by atoms with Crippen LogP contribution in [0, 0.1) is 0 Å². The summed E-state index contributed by atoms with van der Waals surface area (Å²) in [6.45, 7) is -0.245.